The van der Waals surface area contributed by atoms with Gasteiger partial charge in [-0.2, -0.15) is 0 Å². The number of benzene rings is 1. The van der Waals surface area contributed by atoms with E-state index in [0.29, 0.717) is 19.3 Å². The van der Waals surface area contributed by atoms with Gasteiger partial charge < -0.3 is 36.6 Å². The third-order valence-corrected chi connectivity index (χ3v) is 7.40. The van der Waals surface area contributed by atoms with Crippen molar-refractivity contribution in [2.24, 2.45) is 17.6 Å². The van der Waals surface area contributed by atoms with Crippen LogP contribution >= 0.6 is 0 Å². The Labute approximate surface area is 269 Å². The van der Waals surface area contributed by atoms with Crippen LogP contribution in [0.15, 0.2) is 30.3 Å². The van der Waals surface area contributed by atoms with E-state index in [1.807, 2.05) is 13.8 Å². The molecule has 1 unspecified atom stereocenters. The maximum Gasteiger partial charge on any atom is 0.407 e. The van der Waals surface area contributed by atoms with Crippen LogP contribution in [-0.2, 0) is 39.9 Å². The molecule has 1 aliphatic rings. The summed E-state index contributed by atoms with van der Waals surface area (Å²) in [7, 11) is 0. The summed E-state index contributed by atoms with van der Waals surface area (Å²) in [6.07, 6.45) is 0.889. The number of carbonyl (C=O) groups excluding carboxylic acids is 7. The maximum absolute atomic E-state index is 13.5. The number of nitrogens with two attached hydrogens (primary N) is 1. The molecule has 0 bridgehead atoms. The predicted octanol–water partition coefficient (Wildman–Crippen LogP) is 0.567. The Kier molecular flexibility index (Phi) is 15.1. The van der Waals surface area contributed by atoms with Crippen LogP contribution in [0.25, 0.3) is 0 Å². The van der Waals surface area contributed by atoms with Crippen molar-refractivity contribution in [3.63, 3.8) is 0 Å². The van der Waals surface area contributed by atoms with Crippen molar-refractivity contribution in [3.05, 3.63) is 35.9 Å². The number of amides is 6. The molecule has 0 saturated carbocycles. The Balaban J connectivity index is 2.00. The number of hydrogen-bond donors (Lipinski definition) is 5. The first-order valence-electron chi connectivity index (χ1n) is 15.7. The Morgan fingerprint density at radius 1 is 0.957 bits per heavy atom. The molecule has 1 aromatic rings. The molecule has 0 spiro atoms. The lowest BCUT2D eigenvalue weighted by molar-refractivity contribution is -0.143. The zero-order chi connectivity index (χ0) is 34.4. The average molecular weight is 645 g/mol. The second-order valence-corrected chi connectivity index (χ2v) is 12.2. The van der Waals surface area contributed by atoms with Crippen LogP contribution in [0.1, 0.15) is 65.9 Å². The molecule has 2 rings (SSSR count). The van der Waals surface area contributed by atoms with Gasteiger partial charge in [0, 0.05) is 13.0 Å². The van der Waals surface area contributed by atoms with Gasteiger partial charge in [0.05, 0.1) is 19.2 Å². The second-order valence-electron chi connectivity index (χ2n) is 12.2. The summed E-state index contributed by atoms with van der Waals surface area (Å²) in [5.74, 6) is -4.75. The van der Waals surface area contributed by atoms with E-state index in [1.165, 1.54) is 4.90 Å². The molecule has 1 saturated heterocycles. The number of Topliss-reactive ketones (excluding diaryl/α,β-unsaturated/α-hetero) is 1. The third-order valence-electron chi connectivity index (χ3n) is 7.40. The number of nitrogens with zero attached hydrogens (tertiary/aromatic N) is 1. The van der Waals surface area contributed by atoms with E-state index in [2.05, 4.69) is 21.3 Å². The Morgan fingerprint density at radius 3 is 2.22 bits per heavy atom. The van der Waals surface area contributed by atoms with Gasteiger partial charge in [0.25, 0.3) is 5.91 Å². The smallest absolute Gasteiger partial charge is 0.407 e. The van der Waals surface area contributed by atoms with Crippen LogP contribution in [0.3, 0.4) is 0 Å². The minimum atomic E-state index is -1.19. The highest BCUT2D eigenvalue weighted by Crippen LogP contribution is 2.21. The van der Waals surface area contributed by atoms with Gasteiger partial charge in [0.1, 0.15) is 18.1 Å². The molecule has 6 N–H and O–H groups in total. The highest BCUT2D eigenvalue weighted by molar-refractivity contribution is 6.38. The summed E-state index contributed by atoms with van der Waals surface area (Å²) in [6, 6.07) is 4.86. The Hall–Kier alpha value is -4.49. The van der Waals surface area contributed by atoms with Gasteiger partial charge in [-0.1, -0.05) is 71.4 Å². The third kappa shape index (κ3) is 11.8. The van der Waals surface area contributed by atoms with E-state index in [-0.39, 0.29) is 37.8 Å². The summed E-state index contributed by atoms with van der Waals surface area (Å²) >= 11 is 0. The molecule has 1 heterocycles. The standard InChI is InChI=1S/C32H48N6O8/c1-6-11-22(27(40)30(43)34-17-25(39)35-23(28(33)41)16-21-12-8-7-9-13-21)36-29(42)24-14-10-15-38(24)31(44)26(20(4)5)37-32(45)46-18-19(2)3/h7-9,12-13,19-20,22-24,26H,6,10-11,14-18H2,1-5H3,(H2,33,41)(H,34,43)(H,35,39)(H,36,42)(H,37,45)/t22?,23-,24-,26-/m0/s1. The molecular weight excluding hydrogens is 596 g/mol. The topological polar surface area (TPSA) is 206 Å². The zero-order valence-corrected chi connectivity index (χ0v) is 27.3. The number of rotatable bonds is 17. The van der Waals surface area contributed by atoms with Crippen molar-refractivity contribution in [2.45, 2.75) is 90.9 Å². The van der Waals surface area contributed by atoms with Crippen molar-refractivity contribution >= 4 is 41.4 Å². The summed E-state index contributed by atoms with van der Waals surface area (Å²) in [5.41, 5.74) is 6.20. The number of ketones is 1. The summed E-state index contributed by atoms with van der Waals surface area (Å²) < 4.78 is 5.17. The molecule has 14 heteroatoms. The number of primary amides is 1. The lowest BCUT2D eigenvalue weighted by Gasteiger charge is -2.31. The SMILES string of the molecule is CCCC(NC(=O)[C@@H]1CCCN1C(=O)[C@@H](NC(=O)OCC(C)C)C(C)C)C(=O)C(=O)NCC(=O)N[C@@H](Cc1ccccc1)C(N)=O. The fourth-order valence-corrected chi connectivity index (χ4v) is 4.96. The molecule has 0 aromatic heterocycles. The molecule has 46 heavy (non-hydrogen) atoms. The first kappa shape index (κ1) is 37.7. The normalized spacial score (nSPS) is 16.2. The van der Waals surface area contributed by atoms with Crippen LogP contribution < -0.4 is 27.0 Å². The van der Waals surface area contributed by atoms with E-state index in [4.69, 9.17) is 10.5 Å². The van der Waals surface area contributed by atoms with Gasteiger partial charge in [-0.3, -0.25) is 28.8 Å². The van der Waals surface area contributed by atoms with E-state index < -0.39 is 72.1 Å². The average Bonchev–Trinajstić information content (AvgIpc) is 3.51. The van der Waals surface area contributed by atoms with E-state index in [9.17, 15) is 33.6 Å². The predicted molar refractivity (Wildman–Crippen MR) is 169 cm³/mol. The number of alkyl carbamates (subject to hydrolysis) is 1. The fourth-order valence-electron chi connectivity index (χ4n) is 4.96. The van der Waals surface area contributed by atoms with Crippen LogP contribution in [0.4, 0.5) is 4.79 Å². The largest absolute Gasteiger partial charge is 0.449 e. The van der Waals surface area contributed by atoms with Gasteiger partial charge >= 0.3 is 6.09 Å². The molecule has 4 atom stereocenters. The van der Waals surface area contributed by atoms with Crippen LogP contribution in [0.5, 0.6) is 0 Å². The Morgan fingerprint density at radius 2 is 1.63 bits per heavy atom. The van der Waals surface area contributed by atoms with E-state index in [1.54, 1.807) is 51.1 Å². The van der Waals surface area contributed by atoms with Gasteiger partial charge in [-0.25, -0.2) is 4.79 Å². The number of nitrogens with one attached hydrogen (secondary N) is 4. The van der Waals surface area contributed by atoms with Crippen molar-refractivity contribution in [1.29, 1.82) is 0 Å². The van der Waals surface area contributed by atoms with E-state index in [0.717, 1.165) is 5.56 Å². The van der Waals surface area contributed by atoms with Crippen molar-refractivity contribution < 1.29 is 38.3 Å². The summed E-state index contributed by atoms with van der Waals surface area (Å²) in [4.78, 5) is 90.6. The van der Waals surface area contributed by atoms with Crippen molar-refractivity contribution in [1.82, 2.24) is 26.2 Å². The molecule has 1 aromatic carbocycles. The number of hydrogen-bond acceptors (Lipinski definition) is 8. The maximum atomic E-state index is 13.5. The van der Waals surface area contributed by atoms with Crippen molar-refractivity contribution in [3.8, 4) is 0 Å². The molecule has 6 amide bonds. The van der Waals surface area contributed by atoms with Crippen LogP contribution in [-0.4, -0.2) is 90.2 Å². The molecule has 0 aliphatic carbocycles. The lowest BCUT2D eigenvalue weighted by atomic mass is 10.0. The van der Waals surface area contributed by atoms with Gasteiger partial charge in [-0.05, 0) is 36.7 Å². The first-order chi connectivity index (χ1) is 21.7. The molecule has 1 fully saturated rings. The Bertz CT molecular complexity index is 1240. The van der Waals surface area contributed by atoms with Crippen molar-refractivity contribution in [2.75, 3.05) is 19.7 Å². The van der Waals surface area contributed by atoms with Gasteiger partial charge in [0.2, 0.25) is 29.4 Å². The molecule has 1 aliphatic heterocycles. The highest BCUT2D eigenvalue weighted by atomic mass is 16.5. The summed E-state index contributed by atoms with van der Waals surface area (Å²) in [5, 5.41) is 9.92. The fraction of sp³-hybridized carbons (Fsp3) is 0.594. The van der Waals surface area contributed by atoms with Gasteiger partial charge in [-0.15, -0.1) is 0 Å². The number of ether oxygens (including phenoxy) is 1. The monoisotopic (exact) mass is 644 g/mol. The molecule has 254 valence electrons. The quantitative estimate of drug-likeness (QED) is 0.151. The minimum Gasteiger partial charge on any atom is -0.449 e. The summed E-state index contributed by atoms with van der Waals surface area (Å²) in [6.45, 7) is 8.95. The molecule has 14 nitrogen and oxygen atoms in total. The number of carbonyl (C=O) groups is 7. The second kappa shape index (κ2) is 18.5. The van der Waals surface area contributed by atoms with Gasteiger partial charge in [0.15, 0.2) is 0 Å². The minimum absolute atomic E-state index is 0.114. The molecule has 0 radical (unpaired) electrons. The molecular formula is C32H48N6O8. The first-order valence-corrected chi connectivity index (χ1v) is 15.7. The highest BCUT2D eigenvalue weighted by Gasteiger charge is 2.40. The van der Waals surface area contributed by atoms with Crippen LogP contribution in [0, 0.1) is 11.8 Å². The van der Waals surface area contributed by atoms with Crippen LogP contribution in [0.2, 0.25) is 0 Å². The number of likely N-dealkylation sites (tertiary alicyclic amines) is 1. The lowest BCUT2D eigenvalue weighted by Crippen LogP contribution is -2.57. The van der Waals surface area contributed by atoms with E-state index >= 15 is 0 Å². The zero-order valence-electron chi connectivity index (χ0n) is 27.3.